The Balaban J connectivity index is 2.15. The smallest absolute Gasteiger partial charge is 0.162 e. The zero-order valence-corrected chi connectivity index (χ0v) is 13.9. The third kappa shape index (κ3) is 3.42. The fourth-order valence-corrected chi connectivity index (χ4v) is 2.80. The minimum atomic E-state index is 0.475. The van der Waals surface area contributed by atoms with Gasteiger partial charge in [-0.25, -0.2) is 9.97 Å². The average molecular weight is 314 g/mol. The number of halogens is 1. The first-order valence-electron chi connectivity index (χ1n) is 6.56. The fraction of sp³-hybridized carbons (Fsp3) is 0.615. The summed E-state index contributed by atoms with van der Waals surface area (Å²) < 4.78 is 1.73. The van der Waals surface area contributed by atoms with Crippen LogP contribution in [-0.2, 0) is 13.6 Å². The molecule has 0 saturated carbocycles. The lowest BCUT2D eigenvalue weighted by Gasteiger charge is -2.23. The summed E-state index contributed by atoms with van der Waals surface area (Å²) in [5, 5.41) is 5.44. The Labute approximate surface area is 128 Å². The Morgan fingerprint density at radius 3 is 2.90 bits per heavy atom. The van der Waals surface area contributed by atoms with Crippen molar-refractivity contribution in [1.29, 1.82) is 0 Å². The first kappa shape index (κ1) is 15.5. The van der Waals surface area contributed by atoms with E-state index in [1.54, 1.807) is 10.9 Å². The van der Waals surface area contributed by atoms with E-state index in [2.05, 4.69) is 40.2 Å². The molecule has 0 spiro atoms. The lowest BCUT2D eigenvalue weighted by molar-refractivity contribution is 0.239. The van der Waals surface area contributed by atoms with E-state index in [4.69, 9.17) is 11.6 Å². The number of thioether (sulfide) groups is 1. The van der Waals surface area contributed by atoms with Gasteiger partial charge in [0.25, 0.3) is 0 Å². The predicted molar refractivity (Wildman–Crippen MR) is 85.2 cm³/mol. The zero-order valence-electron chi connectivity index (χ0n) is 12.3. The van der Waals surface area contributed by atoms with Crippen molar-refractivity contribution in [3.63, 3.8) is 0 Å². The third-order valence-electron chi connectivity index (χ3n) is 3.47. The molecule has 0 aliphatic heterocycles. The second kappa shape index (κ2) is 6.74. The van der Waals surface area contributed by atoms with Crippen LogP contribution in [0.5, 0.6) is 0 Å². The van der Waals surface area contributed by atoms with Crippen LogP contribution in [0.1, 0.15) is 19.2 Å². The van der Waals surface area contributed by atoms with E-state index in [1.165, 1.54) is 0 Å². The van der Waals surface area contributed by atoms with Crippen LogP contribution >= 0.6 is 23.4 Å². The minimum Gasteiger partial charge on any atom is -0.296 e. The number of fused-ring (bicyclic) bond motifs is 1. The lowest BCUT2D eigenvalue weighted by Crippen LogP contribution is -2.29. The molecule has 0 N–H and O–H groups in total. The molecule has 0 bridgehead atoms. The molecule has 0 aromatic carbocycles. The molecule has 2 aromatic rings. The quantitative estimate of drug-likeness (QED) is 0.767. The fourth-order valence-electron chi connectivity index (χ4n) is 1.99. The van der Waals surface area contributed by atoms with Gasteiger partial charge < -0.3 is 0 Å². The average Bonchev–Trinajstić information content (AvgIpc) is 2.78. The Hall–Kier alpha value is -0.850. The Bertz CT molecular complexity index is 585. The van der Waals surface area contributed by atoms with Crippen molar-refractivity contribution in [2.75, 3.05) is 19.1 Å². The van der Waals surface area contributed by atoms with Gasteiger partial charge in [-0.05, 0) is 32.4 Å². The molecule has 0 amide bonds. The van der Waals surface area contributed by atoms with Crippen LogP contribution in [0.15, 0.2) is 6.20 Å². The van der Waals surface area contributed by atoms with Gasteiger partial charge in [0.15, 0.2) is 5.65 Å². The van der Waals surface area contributed by atoms with E-state index in [0.717, 1.165) is 29.0 Å². The van der Waals surface area contributed by atoms with E-state index in [1.807, 2.05) is 18.8 Å². The highest BCUT2D eigenvalue weighted by molar-refractivity contribution is 7.98. The van der Waals surface area contributed by atoms with Crippen LogP contribution in [0.2, 0.25) is 5.15 Å². The summed E-state index contributed by atoms with van der Waals surface area (Å²) in [4.78, 5) is 11.2. The van der Waals surface area contributed by atoms with Gasteiger partial charge in [-0.3, -0.25) is 9.58 Å². The maximum Gasteiger partial charge on any atom is 0.162 e. The van der Waals surface area contributed by atoms with Crippen LogP contribution in [0.25, 0.3) is 11.0 Å². The molecule has 1 unspecified atom stereocenters. The number of rotatable bonds is 6. The molecular weight excluding hydrogens is 294 g/mol. The van der Waals surface area contributed by atoms with Gasteiger partial charge in [0.05, 0.1) is 18.1 Å². The van der Waals surface area contributed by atoms with Crippen molar-refractivity contribution in [2.24, 2.45) is 7.05 Å². The molecule has 0 fully saturated rings. The van der Waals surface area contributed by atoms with Crippen LogP contribution in [0.3, 0.4) is 0 Å². The summed E-state index contributed by atoms with van der Waals surface area (Å²) in [6.45, 7) is 2.91. The predicted octanol–water partition coefficient (Wildman–Crippen LogP) is 2.59. The molecule has 0 radical (unpaired) electrons. The molecule has 5 nitrogen and oxygen atoms in total. The summed E-state index contributed by atoms with van der Waals surface area (Å²) in [5.41, 5.74) is 0.783. The maximum atomic E-state index is 6.20. The molecule has 1 atom stereocenters. The number of aromatic nitrogens is 4. The Kier molecular flexibility index (Phi) is 5.23. The number of aryl methyl sites for hydroxylation is 1. The van der Waals surface area contributed by atoms with Crippen LogP contribution < -0.4 is 0 Å². The van der Waals surface area contributed by atoms with Crippen molar-refractivity contribution >= 4 is 34.4 Å². The molecular formula is C13H20ClN5S. The highest BCUT2D eigenvalue weighted by Gasteiger charge is 2.14. The van der Waals surface area contributed by atoms with Gasteiger partial charge in [0, 0.05) is 13.1 Å². The van der Waals surface area contributed by atoms with Crippen LogP contribution in [0.4, 0.5) is 0 Å². The number of nitrogens with zero attached hydrogens (tertiary/aromatic N) is 5. The molecule has 20 heavy (non-hydrogen) atoms. The van der Waals surface area contributed by atoms with Crippen molar-refractivity contribution in [1.82, 2.24) is 24.6 Å². The minimum absolute atomic E-state index is 0.475. The van der Waals surface area contributed by atoms with E-state index in [-0.39, 0.29) is 0 Å². The standard InChI is InChI=1S/C13H20ClN5S/c1-9(5-6-20-4)18(2)8-11-16-12(14)10-7-15-19(3)13(10)17-11/h7,9H,5-6,8H2,1-4H3. The molecule has 2 aromatic heterocycles. The SMILES string of the molecule is CSCCC(C)N(C)Cc1nc(Cl)c2cnn(C)c2n1. The molecule has 0 aliphatic rings. The summed E-state index contributed by atoms with van der Waals surface area (Å²) in [6.07, 6.45) is 4.98. The van der Waals surface area contributed by atoms with Crippen molar-refractivity contribution in [3.8, 4) is 0 Å². The monoisotopic (exact) mass is 313 g/mol. The summed E-state index contributed by atoms with van der Waals surface area (Å²) >= 11 is 8.07. The number of hydrogen-bond donors (Lipinski definition) is 0. The van der Waals surface area contributed by atoms with E-state index >= 15 is 0 Å². The van der Waals surface area contributed by atoms with Crippen molar-refractivity contribution < 1.29 is 0 Å². The highest BCUT2D eigenvalue weighted by atomic mass is 35.5. The van der Waals surface area contributed by atoms with Gasteiger partial charge in [-0.15, -0.1) is 0 Å². The largest absolute Gasteiger partial charge is 0.296 e. The third-order valence-corrected chi connectivity index (χ3v) is 4.41. The van der Waals surface area contributed by atoms with Gasteiger partial charge >= 0.3 is 0 Å². The topological polar surface area (TPSA) is 46.8 Å². The van der Waals surface area contributed by atoms with Crippen LogP contribution in [0, 0.1) is 0 Å². The summed E-state index contributed by atoms with van der Waals surface area (Å²) in [7, 11) is 3.95. The van der Waals surface area contributed by atoms with Crippen molar-refractivity contribution in [3.05, 3.63) is 17.2 Å². The van der Waals surface area contributed by atoms with Gasteiger partial charge in [0.1, 0.15) is 11.0 Å². The first-order chi connectivity index (χ1) is 9.52. The summed E-state index contributed by atoms with van der Waals surface area (Å²) in [5.74, 6) is 1.90. The van der Waals surface area contributed by atoms with Gasteiger partial charge in [-0.2, -0.15) is 16.9 Å². The van der Waals surface area contributed by atoms with E-state index in [9.17, 15) is 0 Å². The van der Waals surface area contributed by atoms with Crippen LogP contribution in [-0.4, -0.2) is 49.7 Å². The normalized spacial score (nSPS) is 13.3. The van der Waals surface area contributed by atoms with Crippen molar-refractivity contribution in [2.45, 2.75) is 25.9 Å². The van der Waals surface area contributed by atoms with E-state index < -0.39 is 0 Å². The lowest BCUT2D eigenvalue weighted by atomic mass is 10.2. The molecule has 2 heterocycles. The molecule has 110 valence electrons. The Morgan fingerprint density at radius 1 is 1.45 bits per heavy atom. The molecule has 0 saturated heterocycles. The molecule has 7 heteroatoms. The second-order valence-electron chi connectivity index (χ2n) is 4.98. The number of hydrogen-bond acceptors (Lipinski definition) is 5. The molecule has 2 rings (SSSR count). The summed E-state index contributed by atoms with van der Waals surface area (Å²) in [6, 6.07) is 0.493. The zero-order chi connectivity index (χ0) is 14.7. The van der Waals surface area contributed by atoms with Gasteiger partial charge in [-0.1, -0.05) is 11.6 Å². The van der Waals surface area contributed by atoms with Gasteiger partial charge in [0.2, 0.25) is 0 Å². The Morgan fingerprint density at radius 2 is 2.20 bits per heavy atom. The molecule has 0 aliphatic carbocycles. The maximum absolute atomic E-state index is 6.20. The van der Waals surface area contributed by atoms with E-state index in [0.29, 0.717) is 17.7 Å². The second-order valence-corrected chi connectivity index (χ2v) is 6.33. The highest BCUT2D eigenvalue weighted by Crippen LogP contribution is 2.20. The first-order valence-corrected chi connectivity index (χ1v) is 8.33.